The Morgan fingerprint density at radius 3 is 2.84 bits per heavy atom. The highest BCUT2D eigenvalue weighted by molar-refractivity contribution is 5.37. The summed E-state index contributed by atoms with van der Waals surface area (Å²) in [5.41, 5.74) is 8.09. The maximum absolute atomic E-state index is 5.87. The topological polar surface area (TPSA) is 53.1 Å². The molecule has 0 amide bonds. The fourth-order valence-electron chi connectivity index (χ4n) is 2.03. The molecule has 0 bridgehead atoms. The van der Waals surface area contributed by atoms with E-state index in [9.17, 15) is 0 Å². The minimum absolute atomic E-state index is 0.0479. The molecule has 2 rings (SSSR count). The Bertz CT molecular complexity index is 546. The van der Waals surface area contributed by atoms with Gasteiger partial charge in [-0.25, -0.2) is 4.98 Å². The van der Waals surface area contributed by atoms with Gasteiger partial charge < -0.3 is 15.0 Å². The number of benzene rings is 1. The van der Waals surface area contributed by atoms with E-state index < -0.39 is 0 Å². The van der Waals surface area contributed by atoms with Gasteiger partial charge in [0.1, 0.15) is 18.2 Å². The minimum atomic E-state index is 0.0479. The van der Waals surface area contributed by atoms with Crippen molar-refractivity contribution in [1.29, 1.82) is 0 Å². The van der Waals surface area contributed by atoms with Crippen LogP contribution in [0.5, 0.6) is 5.75 Å². The van der Waals surface area contributed by atoms with Crippen LogP contribution in [0.1, 0.15) is 36.8 Å². The van der Waals surface area contributed by atoms with Crippen LogP contribution >= 0.6 is 0 Å². The normalized spacial score (nSPS) is 12.4. The van der Waals surface area contributed by atoms with E-state index in [0.29, 0.717) is 6.61 Å². The Kier molecular flexibility index (Phi) is 4.22. The van der Waals surface area contributed by atoms with Gasteiger partial charge in [0, 0.05) is 25.0 Å². The molecule has 19 heavy (non-hydrogen) atoms. The SMILES string of the molecule is CCn1ccnc1COc1ccc(C(C)N)cc1C. The van der Waals surface area contributed by atoms with E-state index in [1.54, 1.807) is 6.20 Å². The van der Waals surface area contributed by atoms with Crippen molar-refractivity contribution in [2.24, 2.45) is 5.73 Å². The van der Waals surface area contributed by atoms with Crippen molar-refractivity contribution in [3.63, 3.8) is 0 Å². The molecule has 0 saturated heterocycles. The monoisotopic (exact) mass is 259 g/mol. The van der Waals surface area contributed by atoms with Crippen LogP contribution in [0.25, 0.3) is 0 Å². The molecule has 0 aliphatic rings. The van der Waals surface area contributed by atoms with E-state index in [2.05, 4.69) is 22.5 Å². The molecule has 0 radical (unpaired) electrons. The van der Waals surface area contributed by atoms with Crippen LogP contribution in [0.3, 0.4) is 0 Å². The molecule has 0 fully saturated rings. The summed E-state index contributed by atoms with van der Waals surface area (Å²) >= 11 is 0. The van der Waals surface area contributed by atoms with Gasteiger partial charge in [0.05, 0.1) is 0 Å². The molecule has 1 heterocycles. The maximum Gasteiger partial charge on any atom is 0.146 e. The number of nitrogens with two attached hydrogens (primary N) is 1. The lowest BCUT2D eigenvalue weighted by molar-refractivity contribution is 0.288. The second-order valence-corrected chi connectivity index (χ2v) is 4.73. The van der Waals surface area contributed by atoms with Crippen molar-refractivity contribution < 1.29 is 4.74 Å². The Balaban J connectivity index is 2.08. The van der Waals surface area contributed by atoms with Gasteiger partial charge in [-0.15, -0.1) is 0 Å². The molecule has 1 atom stereocenters. The predicted molar refractivity (Wildman–Crippen MR) is 76.0 cm³/mol. The van der Waals surface area contributed by atoms with Crippen molar-refractivity contribution >= 4 is 0 Å². The summed E-state index contributed by atoms with van der Waals surface area (Å²) in [6.07, 6.45) is 3.76. The standard InChI is InChI=1S/C15H21N3O/c1-4-18-8-7-17-15(18)10-19-14-6-5-13(12(3)16)9-11(14)2/h5-9,12H,4,10,16H2,1-3H3. The number of rotatable bonds is 5. The zero-order valence-corrected chi connectivity index (χ0v) is 11.8. The quantitative estimate of drug-likeness (QED) is 0.898. The Hall–Kier alpha value is -1.81. The van der Waals surface area contributed by atoms with E-state index in [1.165, 1.54) is 0 Å². The van der Waals surface area contributed by atoms with Crippen molar-refractivity contribution in [1.82, 2.24) is 9.55 Å². The molecule has 0 aliphatic carbocycles. The third-order valence-electron chi connectivity index (χ3n) is 3.22. The molecule has 1 aromatic carbocycles. The molecule has 0 spiro atoms. The molecule has 0 aliphatic heterocycles. The average Bonchev–Trinajstić information content (AvgIpc) is 2.84. The first kappa shape index (κ1) is 13.6. The maximum atomic E-state index is 5.87. The predicted octanol–water partition coefficient (Wildman–Crippen LogP) is 2.81. The molecular formula is C15H21N3O. The minimum Gasteiger partial charge on any atom is -0.485 e. The Morgan fingerprint density at radius 1 is 1.42 bits per heavy atom. The van der Waals surface area contributed by atoms with Crippen LogP contribution in [-0.2, 0) is 13.2 Å². The van der Waals surface area contributed by atoms with Gasteiger partial charge in [0.2, 0.25) is 0 Å². The number of aryl methyl sites for hydroxylation is 2. The van der Waals surface area contributed by atoms with E-state index in [-0.39, 0.29) is 6.04 Å². The van der Waals surface area contributed by atoms with E-state index >= 15 is 0 Å². The third-order valence-corrected chi connectivity index (χ3v) is 3.22. The summed E-state index contributed by atoms with van der Waals surface area (Å²) in [4.78, 5) is 4.30. The summed E-state index contributed by atoms with van der Waals surface area (Å²) in [6.45, 7) is 7.50. The summed E-state index contributed by atoms with van der Waals surface area (Å²) < 4.78 is 7.91. The lowest BCUT2D eigenvalue weighted by Crippen LogP contribution is -2.07. The van der Waals surface area contributed by atoms with E-state index in [1.807, 2.05) is 32.2 Å². The number of imidazole rings is 1. The molecule has 0 saturated carbocycles. The number of nitrogens with zero attached hydrogens (tertiary/aromatic N) is 2. The third kappa shape index (κ3) is 3.15. The second-order valence-electron chi connectivity index (χ2n) is 4.73. The smallest absolute Gasteiger partial charge is 0.146 e. The van der Waals surface area contributed by atoms with Crippen LogP contribution in [0.2, 0.25) is 0 Å². The van der Waals surface area contributed by atoms with Crippen LogP contribution in [0, 0.1) is 6.92 Å². The van der Waals surface area contributed by atoms with Gasteiger partial charge in [-0.05, 0) is 38.0 Å². The fourth-order valence-corrected chi connectivity index (χ4v) is 2.03. The van der Waals surface area contributed by atoms with Gasteiger partial charge in [0.25, 0.3) is 0 Å². The van der Waals surface area contributed by atoms with Gasteiger partial charge in [-0.3, -0.25) is 0 Å². The average molecular weight is 259 g/mol. The van der Waals surface area contributed by atoms with E-state index in [0.717, 1.165) is 29.2 Å². The summed E-state index contributed by atoms with van der Waals surface area (Å²) in [5.74, 6) is 1.83. The highest BCUT2D eigenvalue weighted by atomic mass is 16.5. The number of hydrogen-bond donors (Lipinski definition) is 1. The molecule has 4 nitrogen and oxygen atoms in total. The molecule has 4 heteroatoms. The Labute approximate surface area is 114 Å². The van der Waals surface area contributed by atoms with Gasteiger partial charge in [-0.2, -0.15) is 0 Å². The molecule has 1 unspecified atom stereocenters. The number of hydrogen-bond acceptors (Lipinski definition) is 3. The van der Waals surface area contributed by atoms with Gasteiger partial charge in [-0.1, -0.05) is 12.1 Å². The van der Waals surface area contributed by atoms with E-state index in [4.69, 9.17) is 10.5 Å². The largest absolute Gasteiger partial charge is 0.485 e. The van der Waals surface area contributed by atoms with Gasteiger partial charge >= 0.3 is 0 Å². The highest BCUT2D eigenvalue weighted by Gasteiger charge is 2.06. The fraction of sp³-hybridized carbons (Fsp3) is 0.400. The lowest BCUT2D eigenvalue weighted by atomic mass is 10.1. The first-order chi connectivity index (χ1) is 9.11. The molecule has 2 aromatic rings. The number of aromatic nitrogens is 2. The van der Waals surface area contributed by atoms with Crippen LogP contribution < -0.4 is 10.5 Å². The van der Waals surface area contributed by atoms with Crippen LogP contribution in [0.15, 0.2) is 30.6 Å². The summed E-state index contributed by atoms with van der Waals surface area (Å²) in [5, 5.41) is 0. The van der Waals surface area contributed by atoms with Gasteiger partial charge in [0.15, 0.2) is 0 Å². The molecule has 102 valence electrons. The first-order valence-corrected chi connectivity index (χ1v) is 6.60. The molecular weight excluding hydrogens is 238 g/mol. The second kappa shape index (κ2) is 5.89. The van der Waals surface area contributed by atoms with Crippen LogP contribution in [0.4, 0.5) is 0 Å². The van der Waals surface area contributed by atoms with Crippen LogP contribution in [-0.4, -0.2) is 9.55 Å². The molecule has 1 aromatic heterocycles. The van der Waals surface area contributed by atoms with Crippen molar-refractivity contribution in [3.8, 4) is 5.75 Å². The molecule has 2 N–H and O–H groups in total. The lowest BCUT2D eigenvalue weighted by Gasteiger charge is -2.12. The number of ether oxygens (including phenoxy) is 1. The van der Waals surface area contributed by atoms with Crippen molar-refractivity contribution in [2.45, 2.75) is 40.0 Å². The first-order valence-electron chi connectivity index (χ1n) is 6.60. The summed E-state index contributed by atoms with van der Waals surface area (Å²) in [7, 11) is 0. The zero-order valence-electron chi connectivity index (χ0n) is 11.8. The van der Waals surface area contributed by atoms with Crippen molar-refractivity contribution in [2.75, 3.05) is 0 Å². The Morgan fingerprint density at radius 2 is 2.21 bits per heavy atom. The zero-order chi connectivity index (χ0) is 13.8. The highest BCUT2D eigenvalue weighted by Crippen LogP contribution is 2.22. The summed E-state index contributed by atoms with van der Waals surface area (Å²) in [6, 6.07) is 6.12. The van der Waals surface area contributed by atoms with Crippen molar-refractivity contribution in [3.05, 3.63) is 47.5 Å².